The fourth-order valence-corrected chi connectivity index (χ4v) is 4.41. The molecule has 0 amide bonds. The minimum Gasteiger partial charge on any atom is -0.351 e. The molecule has 0 saturated heterocycles. The van der Waals surface area contributed by atoms with Crippen LogP contribution in [0.25, 0.3) is 17.0 Å². The number of benzene rings is 3. The molecule has 8 heteroatoms. The molecule has 1 aromatic heterocycles. The molecule has 0 aliphatic carbocycles. The third kappa shape index (κ3) is 4.44. The number of allylic oxidation sites excluding steroid dienone is 1. The topological polar surface area (TPSA) is 54.2 Å². The van der Waals surface area contributed by atoms with Crippen LogP contribution in [-0.4, -0.2) is 20.2 Å². The van der Waals surface area contributed by atoms with Crippen molar-refractivity contribution in [2.45, 2.75) is 19.5 Å². The molecule has 0 saturated carbocycles. The average molecular weight is 491 g/mol. The average Bonchev–Trinajstić information content (AvgIpc) is 3.33. The van der Waals surface area contributed by atoms with Crippen LogP contribution in [0.15, 0.2) is 89.1 Å². The van der Waals surface area contributed by atoms with Gasteiger partial charge in [0.15, 0.2) is 5.11 Å². The molecule has 3 aromatic carbocycles. The third-order valence-corrected chi connectivity index (χ3v) is 6.33. The highest BCUT2D eigenvalue weighted by atomic mass is 35.5. The van der Waals surface area contributed by atoms with Crippen LogP contribution in [0.2, 0.25) is 5.02 Å². The Morgan fingerprint density at radius 1 is 1.03 bits per heavy atom. The number of nitrogens with zero attached hydrogens (tertiary/aromatic N) is 3. The van der Waals surface area contributed by atoms with E-state index in [2.05, 4.69) is 27.6 Å². The molecule has 5 rings (SSSR count). The summed E-state index contributed by atoms with van der Waals surface area (Å²) in [6.07, 6.45) is 0. The van der Waals surface area contributed by atoms with Crippen LogP contribution in [0.3, 0.4) is 0 Å². The van der Waals surface area contributed by atoms with E-state index in [4.69, 9.17) is 28.3 Å². The number of hydrogen-bond acceptors (Lipinski definition) is 4. The zero-order valence-corrected chi connectivity index (χ0v) is 19.8. The highest BCUT2D eigenvalue weighted by Gasteiger charge is 2.34. The van der Waals surface area contributed by atoms with E-state index < -0.39 is 0 Å². The van der Waals surface area contributed by atoms with E-state index in [0.717, 1.165) is 22.4 Å². The van der Waals surface area contributed by atoms with Gasteiger partial charge in [0.05, 0.1) is 11.6 Å². The molecule has 4 aromatic rings. The second-order valence-electron chi connectivity index (χ2n) is 7.93. The minimum atomic E-state index is -0.324. The normalized spacial score (nSPS) is 16.0. The number of nitrogens with one attached hydrogen (secondary N) is 1. The molecular formula is C26H20ClFN4OS. The fraction of sp³-hybridized carbons (Fsp3) is 0.115. The van der Waals surface area contributed by atoms with Gasteiger partial charge in [-0.25, -0.2) is 4.39 Å². The predicted octanol–water partition coefficient (Wildman–Crippen LogP) is 6.39. The summed E-state index contributed by atoms with van der Waals surface area (Å²) in [4.78, 5) is 6.67. The Morgan fingerprint density at radius 2 is 1.74 bits per heavy atom. The molecule has 1 atom stereocenters. The smallest absolute Gasteiger partial charge is 0.258 e. The van der Waals surface area contributed by atoms with Gasteiger partial charge in [0, 0.05) is 22.8 Å². The molecule has 1 aliphatic heterocycles. The van der Waals surface area contributed by atoms with Crippen molar-refractivity contribution in [3.8, 4) is 11.4 Å². The van der Waals surface area contributed by atoms with E-state index in [1.54, 1.807) is 12.1 Å². The van der Waals surface area contributed by atoms with Crippen molar-refractivity contribution in [3.05, 3.63) is 112 Å². The zero-order valence-electron chi connectivity index (χ0n) is 18.2. The summed E-state index contributed by atoms with van der Waals surface area (Å²) >= 11 is 11.9. The molecule has 0 spiro atoms. The lowest BCUT2D eigenvalue weighted by molar-refractivity contribution is 0.396. The standard InChI is InChI=1S/C26H20ClFN4OS/c1-16-22(25-30-24(31-33-25)19-9-13-21(28)14-10-19)23(18-7-11-20(27)12-8-18)29-26(34)32(16)15-17-5-3-2-4-6-17/h2-14,23H,15H2,1H3,(H,29,34). The summed E-state index contributed by atoms with van der Waals surface area (Å²) in [5.41, 5.74) is 4.46. The summed E-state index contributed by atoms with van der Waals surface area (Å²) in [5, 5.41) is 8.84. The van der Waals surface area contributed by atoms with Gasteiger partial charge in [0.2, 0.25) is 5.82 Å². The lowest BCUT2D eigenvalue weighted by atomic mass is 9.94. The summed E-state index contributed by atoms with van der Waals surface area (Å²) in [5.74, 6) is 0.424. The Hall–Kier alpha value is -3.55. The molecule has 1 aliphatic rings. The fourth-order valence-electron chi connectivity index (χ4n) is 3.97. The van der Waals surface area contributed by atoms with Crippen molar-refractivity contribution >= 4 is 34.5 Å². The van der Waals surface area contributed by atoms with Crippen molar-refractivity contribution in [2.75, 3.05) is 0 Å². The van der Waals surface area contributed by atoms with Gasteiger partial charge in [-0.3, -0.25) is 0 Å². The molecule has 34 heavy (non-hydrogen) atoms. The summed E-state index contributed by atoms with van der Waals surface area (Å²) in [6, 6.07) is 23.3. The van der Waals surface area contributed by atoms with Crippen LogP contribution in [0.1, 0.15) is 30.0 Å². The number of halogens is 2. The zero-order chi connectivity index (χ0) is 23.7. The first-order valence-electron chi connectivity index (χ1n) is 10.7. The Balaban J connectivity index is 1.59. The van der Waals surface area contributed by atoms with Crippen molar-refractivity contribution < 1.29 is 8.91 Å². The van der Waals surface area contributed by atoms with Crippen molar-refractivity contribution in [1.82, 2.24) is 20.4 Å². The SMILES string of the molecule is CC1=C(c2nc(-c3ccc(F)cc3)no2)C(c2ccc(Cl)cc2)NC(=S)N1Cc1ccccc1. The number of aromatic nitrogens is 2. The molecule has 1 N–H and O–H groups in total. The van der Waals surface area contributed by atoms with E-state index in [9.17, 15) is 4.39 Å². The van der Waals surface area contributed by atoms with E-state index in [-0.39, 0.29) is 11.9 Å². The second-order valence-corrected chi connectivity index (χ2v) is 8.76. The maximum absolute atomic E-state index is 13.4. The quantitative estimate of drug-likeness (QED) is 0.327. The van der Waals surface area contributed by atoms with Gasteiger partial charge in [-0.15, -0.1) is 0 Å². The molecule has 5 nitrogen and oxygen atoms in total. The number of rotatable bonds is 5. The molecule has 2 heterocycles. The highest BCUT2D eigenvalue weighted by Crippen LogP contribution is 2.38. The maximum Gasteiger partial charge on any atom is 0.258 e. The first kappa shape index (κ1) is 22.3. The first-order valence-corrected chi connectivity index (χ1v) is 11.5. The Bertz CT molecular complexity index is 1350. The van der Waals surface area contributed by atoms with Crippen molar-refractivity contribution in [3.63, 3.8) is 0 Å². The van der Waals surface area contributed by atoms with E-state index >= 15 is 0 Å². The summed E-state index contributed by atoms with van der Waals surface area (Å²) < 4.78 is 19.1. The van der Waals surface area contributed by atoms with Crippen LogP contribution in [-0.2, 0) is 6.54 Å². The van der Waals surface area contributed by atoms with Gasteiger partial charge in [-0.05, 0) is 66.7 Å². The summed E-state index contributed by atoms with van der Waals surface area (Å²) in [6.45, 7) is 2.59. The van der Waals surface area contributed by atoms with Crippen molar-refractivity contribution in [2.24, 2.45) is 0 Å². The monoisotopic (exact) mass is 490 g/mol. The van der Waals surface area contributed by atoms with Gasteiger partial charge >= 0.3 is 0 Å². The molecule has 0 radical (unpaired) electrons. The van der Waals surface area contributed by atoms with Crippen LogP contribution >= 0.6 is 23.8 Å². The lowest BCUT2D eigenvalue weighted by Gasteiger charge is -2.37. The molecule has 0 fully saturated rings. The van der Waals surface area contributed by atoms with E-state index in [1.807, 2.05) is 54.3 Å². The predicted molar refractivity (Wildman–Crippen MR) is 134 cm³/mol. The first-order chi connectivity index (χ1) is 16.5. The van der Waals surface area contributed by atoms with Gasteiger partial charge in [-0.2, -0.15) is 4.98 Å². The molecule has 1 unspecified atom stereocenters. The Labute approximate surface area is 206 Å². The molecular weight excluding hydrogens is 471 g/mol. The molecule has 0 bridgehead atoms. The van der Waals surface area contributed by atoms with Gasteiger partial charge in [0.1, 0.15) is 5.82 Å². The minimum absolute atomic E-state index is 0.307. The van der Waals surface area contributed by atoms with Crippen LogP contribution < -0.4 is 5.32 Å². The maximum atomic E-state index is 13.4. The summed E-state index contributed by atoms with van der Waals surface area (Å²) in [7, 11) is 0. The molecule has 170 valence electrons. The van der Waals surface area contributed by atoms with Gasteiger partial charge in [-0.1, -0.05) is 59.2 Å². The van der Waals surface area contributed by atoms with Crippen LogP contribution in [0.5, 0.6) is 0 Å². The Kier molecular flexibility index (Phi) is 6.13. The third-order valence-electron chi connectivity index (χ3n) is 5.74. The van der Waals surface area contributed by atoms with Crippen LogP contribution in [0, 0.1) is 5.82 Å². The lowest BCUT2D eigenvalue weighted by Crippen LogP contribution is -2.45. The number of thiocarbonyl (C=S) groups is 1. The van der Waals surface area contributed by atoms with E-state index in [1.165, 1.54) is 12.1 Å². The van der Waals surface area contributed by atoms with Crippen molar-refractivity contribution in [1.29, 1.82) is 0 Å². The largest absolute Gasteiger partial charge is 0.351 e. The Morgan fingerprint density at radius 3 is 2.44 bits per heavy atom. The second kappa shape index (κ2) is 9.37. The van der Waals surface area contributed by atoms with Crippen LogP contribution in [0.4, 0.5) is 4.39 Å². The van der Waals surface area contributed by atoms with E-state index in [0.29, 0.717) is 34.0 Å². The highest BCUT2D eigenvalue weighted by molar-refractivity contribution is 7.80. The number of hydrogen-bond donors (Lipinski definition) is 1. The van der Waals surface area contributed by atoms with Gasteiger partial charge < -0.3 is 14.7 Å². The van der Waals surface area contributed by atoms with Gasteiger partial charge in [0.25, 0.3) is 5.89 Å².